The van der Waals surface area contributed by atoms with Gasteiger partial charge in [-0.2, -0.15) is 0 Å². The Morgan fingerprint density at radius 3 is 2.92 bits per heavy atom. The molecule has 5 heteroatoms. The number of pyridine rings is 1. The Kier molecular flexibility index (Phi) is 5.54. The maximum atomic E-state index is 9.21. The lowest BCUT2D eigenvalue weighted by atomic mass is 9.87. The highest BCUT2D eigenvalue weighted by molar-refractivity contribution is 5.42. The Morgan fingerprint density at radius 2 is 2.17 bits per heavy atom. The van der Waals surface area contributed by atoms with Crippen molar-refractivity contribution in [1.82, 2.24) is 19.2 Å². The third kappa shape index (κ3) is 3.63. The lowest BCUT2D eigenvalue weighted by Gasteiger charge is -2.41. The summed E-state index contributed by atoms with van der Waals surface area (Å²) in [6.45, 7) is 5.58. The monoisotopic (exact) mass is 330 g/mol. The molecule has 0 unspecified atom stereocenters. The van der Waals surface area contributed by atoms with Crippen molar-refractivity contribution in [3.63, 3.8) is 0 Å². The van der Waals surface area contributed by atoms with Gasteiger partial charge in [0.05, 0.1) is 11.4 Å². The number of fused-ring (bicyclic) bond motifs is 1. The predicted octanol–water partition coefficient (Wildman–Crippen LogP) is 2.17. The minimum absolute atomic E-state index is 0.295. The van der Waals surface area contributed by atoms with Gasteiger partial charge in [-0.25, -0.2) is 4.98 Å². The minimum atomic E-state index is 0.295. The van der Waals surface area contributed by atoms with Crippen LogP contribution < -0.4 is 0 Å². The third-order valence-electron chi connectivity index (χ3n) is 5.38. The summed E-state index contributed by atoms with van der Waals surface area (Å²) in [6, 6.07) is 6.80. The van der Waals surface area contributed by atoms with Crippen molar-refractivity contribution in [2.75, 3.05) is 33.8 Å². The van der Waals surface area contributed by atoms with Gasteiger partial charge >= 0.3 is 0 Å². The number of aromatic nitrogens is 2. The van der Waals surface area contributed by atoms with Crippen LogP contribution in [0.2, 0.25) is 0 Å². The number of aliphatic hydroxyl groups is 1. The van der Waals surface area contributed by atoms with E-state index in [1.165, 1.54) is 12.1 Å². The summed E-state index contributed by atoms with van der Waals surface area (Å²) in [5, 5.41) is 9.21. The van der Waals surface area contributed by atoms with Crippen LogP contribution in [0.15, 0.2) is 24.4 Å². The van der Waals surface area contributed by atoms with E-state index in [-0.39, 0.29) is 0 Å². The van der Waals surface area contributed by atoms with Gasteiger partial charge < -0.3 is 14.4 Å². The van der Waals surface area contributed by atoms with Crippen molar-refractivity contribution in [2.45, 2.75) is 38.8 Å². The summed E-state index contributed by atoms with van der Waals surface area (Å²) in [5.41, 5.74) is 3.46. The van der Waals surface area contributed by atoms with E-state index in [2.05, 4.69) is 58.5 Å². The molecule has 1 aliphatic rings. The molecule has 0 radical (unpaired) electrons. The van der Waals surface area contributed by atoms with Crippen LogP contribution >= 0.6 is 0 Å². The van der Waals surface area contributed by atoms with Crippen LogP contribution in [0.25, 0.3) is 5.65 Å². The molecular formula is C19H30N4O. The summed E-state index contributed by atoms with van der Waals surface area (Å²) in [6.07, 6.45) is 5.30. The van der Waals surface area contributed by atoms with Gasteiger partial charge in [0.25, 0.3) is 0 Å². The molecule has 0 amide bonds. The summed E-state index contributed by atoms with van der Waals surface area (Å²) >= 11 is 0. The fraction of sp³-hybridized carbons (Fsp3) is 0.632. The molecule has 1 fully saturated rings. The first kappa shape index (κ1) is 17.4. The van der Waals surface area contributed by atoms with E-state index in [0.717, 1.165) is 43.8 Å². The fourth-order valence-electron chi connectivity index (χ4n) is 4.12. The maximum absolute atomic E-state index is 9.21. The molecule has 3 heterocycles. The number of hydrogen-bond donors (Lipinski definition) is 1. The normalized spacial score (nSPS) is 22.5. The van der Waals surface area contributed by atoms with Gasteiger partial charge in [-0.15, -0.1) is 0 Å². The van der Waals surface area contributed by atoms with Crippen molar-refractivity contribution in [1.29, 1.82) is 0 Å². The molecule has 0 aromatic carbocycles. The molecule has 1 aliphatic heterocycles. The van der Waals surface area contributed by atoms with Crippen molar-refractivity contribution >= 4 is 5.65 Å². The van der Waals surface area contributed by atoms with E-state index in [4.69, 9.17) is 0 Å². The summed E-state index contributed by atoms with van der Waals surface area (Å²) in [5.74, 6) is 0.625. The third-order valence-corrected chi connectivity index (χ3v) is 5.38. The van der Waals surface area contributed by atoms with Crippen molar-refractivity contribution in [2.24, 2.45) is 5.92 Å². The molecule has 0 bridgehead atoms. The Hall–Kier alpha value is -1.43. The second-order valence-corrected chi connectivity index (χ2v) is 7.25. The Bertz CT molecular complexity index is 666. The van der Waals surface area contributed by atoms with Crippen molar-refractivity contribution < 1.29 is 5.11 Å². The number of aliphatic hydroxyl groups excluding tert-OH is 1. The van der Waals surface area contributed by atoms with Gasteiger partial charge in [-0.3, -0.25) is 4.90 Å². The molecule has 1 saturated heterocycles. The van der Waals surface area contributed by atoms with E-state index < -0.39 is 0 Å². The molecule has 0 spiro atoms. The second kappa shape index (κ2) is 7.64. The fourth-order valence-corrected chi connectivity index (χ4v) is 4.12. The number of hydrogen-bond acceptors (Lipinski definition) is 4. The quantitative estimate of drug-likeness (QED) is 0.882. The minimum Gasteiger partial charge on any atom is -0.396 e. The molecule has 0 aliphatic carbocycles. The highest BCUT2D eigenvalue weighted by Gasteiger charge is 2.30. The van der Waals surface area contributed by atoms with Crippen LogP contribution in [-0.2, 0) is 6.54 Å². The highest BCUT2D eigenvalue weighted by atomic mass is 16.2. The molecule has 2 aromatic heterocycles. The second-order valence-electron chi connectivity index (χ2n) is 7.25. The molecular weight excluding hydrogens is 300 g/mol. The van der Waals surface area contributed by atoms with Gasteiger partial charge in [-0.05, 0) is 58.3 Å². The Balaban J connectivity index is 1.74. The van der Waals surface area contributed by atoms with E-state index >= 15 is 0 Å². The molecule has 0 saturated carbocycles. The number of piperidine rings is 1. The Morgan fingerprint density at radius 1 is 1.33 bits per heavy atom. The number of likely N-dealkylation sites (tertiary alicyclic amines) is 1. The standard InChI is InChI=1S/C19H30N4O/c1-15-18(23-10-5-4-8-19(23)20-15)14-22-11-9-17(21(2)3)16(13-22)7-6-12-24/h4-5,8,10,16-17,24H,6-7,9,11-14H2,1-3H3/t16-,17+/m1/s1. The topological polar surface area (TPSA) is 44.0 Å². The van der Waals surface area contributed by atoms with Crippen molar-refractivity contribution in [3.05, 3.63) is 35.8 Å². The maximum Gasteiger partial charge on any atom is 0.137 e. The van der Waals surface area contributed by atoms with Crippen LogP contribution in [0, 0.1) is 12.8 Å². The summed E-state index contributed by atoms with van der Waals surface area (Å²) in [7, 11) is 4.36. The lowest BCUT2D eigenvalue weighted by Crippen LogP contribution is -2.48. The predicted molar refractivity (Wildman–Crippen MR) is 97.1 cm³/mol. The van der Waals surface area contributed by atoms with Gasteiger partial charge in [0.15, 0.2) is 0 Å². The first-order valence-corrected chi connectivity index (χ1v) is 9.02. The molecule has 1 N–H and O–H groups in total. The summed E-state index contributed by atoms with van der Waals surface area (Å²) in [4.78, 5) is 9.61. The van der Waals surface area contributed by atoms with Crippen LogP contribution in [0.5, 0.6) is 0 Å². The van der Waals surface area contributed by atoms with E-state index in [0.29, 0.717) is 18.6 Å². The Labute approximate surface area is 144 Å². The average molecular weight is 330 g/mol. The van der Waals surface area contributed by atoms with Crippen molar-refractivity contribution in [3.8, 4) is 0 Å². The van der Waals surface area contributed by atoms with Gasteiger partial charge in [0, 0.05) is 38.5 Å². The zero-order valence-corrected chi connectivity index (χ0v) is 15.1. The number of aryl methyl sites for hydroxylation is 1. The van der Waals surface area contributed by atoms with Gasteiger partial charge in [0.1, 0.15) is 5.65 Å². The van der Waals surface area contributed by atoms with Crippen LogP contribution in [0.1, 0.15) is 30.7 Å². The molecule has 24 heavy (non-hydrogen) atoms. The first-order valence-electron chi connectivity index (χ1n) is 9.02. The lowest BCUT2D eigenvalue weighted by molar-refractivity contribution is 0.0708. The smallest absolute Gasteiger partial charge is 0.137 e. The number of imidazole rings is 1. The van der Waals surface area contributed by atoms with Crippen LogP contribution in [0.3, 0.4) is 0 Å². The highest BCUT2D eigenvalue weighted by Crippen LogP contribution is 2.26. The SMILES string of the molecule is Cc1nc2ccccn2c1CN1CC[C@H](N(C)C)[C@H](CCCO)C1. The zero-order chi connectivity index (χ0) is 17.1. The van der Waals surface area contributed by atoms with E-state index in [1.807, 2.05) is 6.07 Å². The van der Waals surface area contributed by atoms with Gasteiger partial charge in [-0.1, -0.05) is 6.07 Å². The number of rotatable bonds is 6. The largest absolute Gasteiger partial charge is 0.396 e. The molecule has 132 valence electrons. The van der Waals surface area contributed by atoms with Crippen LogP contribution in [-0.4, -0.2) is 64.1 Å². The molecule has 3 rings (SSSR count). The van der Waals surface area contributed by atoms with E-state index in [1.54, 1.807) is 0 Å². The zero-order valence-electron chi connectivity index (χ0n) is 15.1. The molecule has 2 aromatic rings. The van der Waals surface area contributed by atoms with E-state index in [9.17, 15) is 5.11 Å². The number of nitrogens with zero attached hydrogens (tertiary/aromatic N) is 4. The summed E-state index contributed by atoms with van der Waals surface area (Å²) < 4.78 is 2.22. The van der Waals surface area contributed by atoms with Crippen LogP contribution in [0.4, 0.5) is 0 Å². The van der Waals surface area contributed by atoms with Gasteiger partial charge in [0.2, 0.25) is 0 Å². The first-order chi connectivity index (χ1) is 11.6. The average Bonchev–Trinajstić information content (AvgIpc) is 2.88. The molecule has 5 nitrogen and oxygen atoms in total. The molecule has 2 atom stereocenters.